The lowest BCUT2D eigenvalue weighted by molar-refractivity contribution is 0.0766. The molecule has 0 aliphatic carbocycles. The van der Waals surface area contributed by atoms with E-state index in [0.717, 1.165) is 37.4 Å². The van der Waals surface area contributed by atoms with Gasteiger partial charge in [-0.1, -0.05) is 0 Å². The normalized spacial score (nSPS) is 42.8. The maximum atomic E-state index is 6.09. The molecule has 0 saturated carbocycles. The quantitative estimate of drug-likeness (QED) is 0.617. The second kappa shape index (κ2) is 6.12. The highest BCUT2D eigenvalue weighted by Gasteiger charge is 2.53. The summed E-state index contributed by atoms with van der Waals surface area (Å²) in [5.41, 5.74) is 0.276. The van der Waals surface area contributed by atoms with Crippen LogP contribution in [-0.2, 0) is 4.74 Å². The standard InChI is InChI=1S/C17H30N4OS/c1-18-16(19-10-17(20(2)3)6-7-23-11-17)21-8-12-13(9-21)15-5-4-14(12)22-15/h12-15H,4-11H2,1-3H3,(H,18,19). The fourth-order valence-electron chi connectivity index (χ4n) is 4.96. The summed E-state index contributed by atoms with van der Waals surface area (Å²) < 4.78 is 6.09. The molecule has 4 aliphatic rings. The SMILES string of the molecule is CN=C(NCC1(N(C)C)CCSC1)N1CC2C3CCC(O3)C2C1. The lowest BCUT2D eigenvalue weighted by atomic mass is 9.82. The molecule has 4 heterocycles. The lowest BCUT2D eigenvalue weighted by Crippen LogP contribution is -2.55. The first-order valence-corrected chi connectivity index (χ1v) is 10.1. The second-order valence-electron chi connectivity index (χ2n) is 7.85. The molecule has 5 unspecified atom stereocenters. The van der Waals surface area contributed by atoms with Gasteiger partial charge in [0.1, 0.15) is 0 Å². The van der Waals surface area contributed by atoms with Crippen LogP contribution in [-0.4, -0.2) is 85.8 Å². The van der Waals surface area contributed by atoms with Crippen LogP contribution in [0.15, 0.2) is 4.99 Å². The first-order chi connectivity index (χ1) is 11.1. The summed E-state index contributed by atoms with van der Waals surface area (Å²) in [4.78, 5) is 9.47. The van der Waals surface area contributed by atoms with Gasteiger partial charge in [0.15, 0.2) is 5.96 Å². The van der Waals surface area contributed by atoms with Gasteiger partial charge in [-0.05, 0) is 39.1 Å². The summed E-state index contributed by atoms with van der Waals surface area (Å²) >= 11 is 2.07. The van der Waals surface area contributed by atoms with Crippen molar-refractivity contribution in [3.63, 3.8) is 0 Å². The van der Waals surface area contributed by atoms with Gasteiger partial charge in [-0.3, -0.25) is 4.99 Å². The number of likely N-dealkylation sites (N-methyl/N-ethyl adjacent to an activating group) is 1. The van der Waals surface area contributed by atoms with Gasteiger partial charge >= 0.3 is 0 Å². The molecule has 5 nitrogen and oxygen atoms in total. The first-order valence-electron chi connectivity index (χ1n) is 8.99. The Morgan fingerprint density at radius 3 is 2.52 bits per heavy atom. The molecule has 0 radical (unpaired) electrons. The number of rotatable bonds is 3. The van der Waals surface area contributed by atoms with Gasteiger partial charge in [-0.15, -0.1) is 0 Å². The summed E-state index contributed by atoms with van der Waals surface area (Å²) in [6, 6.07) is 0. The van der Waals surface area contributed by atoms with Crippen molar-refractivity contribution in [3.8, 4) is 0 Å². The third-order valence-electron chi connectivity index (χ3n) is 6.57. The minimum Gasteiger partial charge on any atom is -0.374 e. The Bertz CT molecular complexity index is 459. The summed E-state index contributed by atoms with van der Waals surface area (Å²) in [5.74, 6) is 5.05. The van der Waals surface area contributed by atoms with Crippen molar-refractivity contribution >= 4 is 17.7 Å². The average Bonchev–Trinajstić information content (AvgIpc) is 3.30. The van der Waals surface area contributed by atoms with Crippen LogP contribution in [0.4, 0.5) is 0 Å². The number of aliphatic imine (C=N–C) groups is 1. The fourth-order valence-corrected chi connectivity index (χ4v) is 6.51. The molecule has 0 aromatic carbocycles. The van der Waals surface area contributed by atoms with Gasteiger partial charge in [0.05, 0.1) is 12.2 Å². The van der Waals surface area contributed by atoms with Crippen molar-refractivity contribution in [3.05, 3.63) is 0 Å². The predicted octanol–water partition coefficient (Wildman–Crippen LogP) is 1.11. The first kappa shape index (κ1) is 16.0. The van der Waals surface area contributed by atoms with Crippen LogP contribution in [0, 0.1) is 11.8 Å². The zero-order valence-electron chi connectivity index (χ0n) is 14.6. The van der Waals surface area contributed by atoms with Gasteiger partial charge in [0.2, 0.25) is 0 Å². The smallest absolute Gasteiger partial charge is 0.193 e. The number of fused-ring (bicyclic) bond motifs is 5. The molecule has 4 fully saturated rings. The molecule has 5 atom stereocenters. The Labute approximate surface area is 144 Å². The van der Waals surface area contributed by atoms with Crippen LogP contribution in [0.25, 0.3) is 0 Å². The number of nitrogens with one attached hydrogen (secondary N) is 1. The Kier molecular flexibility index (Phi) is 4.26. The Balaban J connectivity index is 1.38. The predicted molar refractivity (Wildman–Crippen MR) is 96.2 cm³/mol. The summed E-state index contributed by atoms with van der Waals surface area (Å²) in [7, 11) is 6.35. The highest BCUT2D eigenvalue weighted by molar-refractivity contribution is 7.99. The molecule has 1 N–H and O–H groups in total. The minimum atomic E-state index is 0.276. The summed E-state index contributed by atoms with van der Waals surface area (Å²) in [6.07, 6.45) is 4.84. The van der Waals surface area contributed by atoms with Gasteiger partial charge in [-0.25, -0.2) is 0 Å². The largest absolute Gasteiger partial charge is 0.374 e. The molecule has 2 bridgehead atoms. The summed E-state index contributed by atoms with van der Waals surface area (Å²) in [6.45, 7) is 3.24. The van der Waals surface area contributed by atoms with E-state index < -0.39 is 0 Å². The van der Waals surface area contributed by atoms with E-state index >= 15 is 0 Å². The third kappa shape index (κ3) is 2.67. The number of likely N-dealkylation sites (tertiary alicyclic amines) is 1. The molecule has 23 heavy (non-hydrogen) atoms. The zero-order chi connectivity index (χ0) is 16.0. The molecule has 0 spiro atoms. The van der Waals surface area contributed by atoms with E-state index in [0.29, 0.717) is 12.2 Å². The van der Waals surface area contributed by atoms with Crippen molar-refractivity contribution in [1.82, 2.24) is 15.1 Å². The maximum Gasteiger partial charge on any atom is 0.193 e. The molecular formula is C17H30N4OS. The highest BCUT2D eigenvalue weighted by Crippen LogP contribution is 2.47. The van der Waals surface area contributed by atoms with Crippen molar-refractivity contribution < 1.29 is 4.74 Å². The third-order valence-corrected chi connectivity index (χ3v) is 7.81. The Hall–Kier alpha value is -0.460. The van der Waals surface area contributed by atoms with Crippen molar-refractivity contribution in [2.75, 3.05) is 52.3 Å². The van der Waals surface area contributed by atoms with Crippen molar-refractivity contribution in [1.29, 1.82) is 0 Å². The number of hydrogen-bond donors (Lipinski definition) is 1. The van der Waals surface area contributed by atoms with Gasteiger partial charge in [-0.2, -0.15) is 11.8 Å². The minimum absolute atomic E-state index is 0.276. The molecule has 0 aromatic rings. The van der Waals surface area contributed by atoms with Gasteiger partial charge in [0, 0.05) is 49.8 Å². The number of thioether (sulfide) groups is 1. The van der Waals surface area contributed by atoms with E-state index in [-0.39, 0.29) is 5.54 Å². The number of guanidine groups is 1. The molecule has 130 valence electrons. The molecular weight excluding hydrogens is 308 g/mol. The Morgan fingerprint density at radius 1 is 1.30 bits per heavy atom. The topological polar surface area (TPSA) is 40.1 Å². The van der Waals surface area contributed by atoms with Crippen molar-refractivity contribution in [2.24, 2.45) is 16.8 Å². The van der Waals surface area contributed by atoms with Crippen LogP contribution in [0.2, 0.25) is 0 Å². The molecule has 6 heteroatoms. The highest BCUT2D eigenvalue weighted by atomic mass is 32.2. The summed E-state index contributed by atoms with van der Waals surface area (Å²) in [5, 5.41) is 3.69. The van der Waals surface area contributed by atoms with E-state index in [1.54, 1.807) is 0 Å². The average molecular weight is 339 g/mol. The van der Waals surface area contributed by atoms with Crippen LogP contribution >= 0.6 is 11.8 Å². The van der Waals surface area contributed by atoms with Crippen LogP contribution in [0.3, 0.4) is 0 Å². The monoisotopic (exact) mass is 338 g/mol. The van der Waals surface area contributed by atoms with E-state index in [9.17, 15) is 0 Å². The molecule has 4 aliphatic heterocycles. The maximum absolute atomic E-state index is 6.09. The van der Waals surface area contributed by atoms with E-state index in [1.165, 1.54) is 30.8 Å². The number of nitrogens with zero attached hydrogens (tertiary/aromatic N) is 3. The van der Waals surface area contributed by atoms with Crippen LogP contribution in [0.5, 0.6) is 0 Å². The van der Waals surface area contributed by atoms with Gasteiger partial charge in [0.25, 0.3) is 0 Å². The number of hydrogen-bond acceptors (Lipinski definition) is 4. The fraction of sp³-hybridized carbons (Fsp3) is 0.941. The Morgan fingerprint density at radius 2 is 2.00 bits per heavy atom. The van der Waals surface area contributed by atoms with Crippen LogP contribution < -0.4 is 5.32 Å². The molecule has 4 saturated heterocycles. The van der Waals surface area contributed by atoms with Crippen LogP contribution in [0.1, 0.15) is 19.3 Å². The van der Waals surface area contributed by atoms with E-state index in [1.807, 2.05) is 7.05 Å². The lowest BCUT2D eigenvalue weighted by Gasteiger charge is -2.37. The van der Waals surface area contributed by atoms with Crippen molar-refractivity contribution in [2.45, 2.75) is 37.0 Å². The molecule has 0 amide bonds. The number of ether oxygens (including phenoxy) is 1. The molecule has 4 rings (SSSR count). The van der Waals surface area contributed by atoms with E-state index in [4.69, 9.17) is 4.74 Å². The zero-order valence-corrected chi connectivity index (χ0v) is 15.4. The van der Waals surface area contributed by atoms with E-state index in [2.05, 4.69) is 46.0 Å². The second-order valence-corrected chi connectivity index (χ2v) is 8.95. The van der Waals surface area contributed by atoms with Gasteiger partial charge < -0.3 is 19.9 Å². The molecule has 0 aromatic heterocycles.